The van der Waals surface area contributed by atoms with Crippen LogP contribution in [-0.4, -0.2) is 23.8 Å². The summed E-state index contributed by atoms with van der Waals surface area (Å²) in [4.78, 5) is 0. The third-order valence-corrected chi connectivity index (χ3v) is 3.33. The van der Waals surface area contributed by atoms with Gasteiger partial charge in [0.15, 0.2) is 0 Å². The summed E-state index contributed by atoms with van der Waals surface area (Å²) in [5.41, 5.74) is 1.16. The molecule has 0 fully saturated rings. The van der Waals surface area contributed by atoms with Gasteiger partial charge in [-0.1, -0.05) is 5.16 Å². The minimum Gasteiger partial charge on any atom is -0.361 e. The minimum atomic E-state index is -3.41. The lowest BCUT2D eigenvalue weighted by Gasteiger charge is -2.02. The smallest absolute Gasteiger partial charge is 0.217 e. The number of H-pyrrole nitrogens is 1. The Labute approximate surface area is 98.3 Å². The van der Waals surface area contributed by atoms with E-state index in [4.69, 9.17) is 4.52 Å². The second kappa shape index (κ2) is 4.68. The van der Waals surface area contributed by atoms with E-state index in [2.05, 4.69) is 20.1 Å². The molecule has 7 nitrogen and oxygen atoms in total. The van der Waals surface area contributed by atoms with Gasteiger partial charge in [0.1, 0.15) is 17.2 Å². The molecular formula is C9H12N4O3S. The number of hydrogen-bond acceptors (Lipinski definition) is 5. The lowest BCUT2D eigenvalue weighted by molar-refractivity contribution is 0.392. The number of rotatable bonds is 5. The molecule has 0 aromatic carbocycles. The molecule has 0 spiro atoms. The number of aromatic amines is 1. The first kappa shape index (κ1) is 11.8. The average Bonchev–Trinajstić information content (AvgIpc) is 2.86. The molecule has 92 valence electrons. The molecule has 0 aliphatic rings. The van der Waals surface area contributed by atoms with Gasteiger partial charge in [-0.2, -0.15) is 5.10 Å². The van der Waals surface area contributed by atoms with Crippen molar-refractivity contribution >= 4 is 10.0 Å². The van der Waals surface area contributed by atoms with Crippen molar-refractivity contribution in [2.75, 3.05) is 0 Å². The van der Waals surface area contributed by atoms with Crippen molar-refractivity contribution in [2.24, 2.45) is 0 Å². The summed E-state index contributed by atoms with van der Waals surface area (Å²) >= 11 is 0. The molecule has 2 rings (SSSR count). The second-order valence-corrected chi connectivity index (χ2v) is 5.42. The molecule has 2 N–H and O–H groups in total. The molecule has 0 saturated heterocycles. The number of nitrogens with one attached hydrogen (secondary N) is 2. The van der Waals surface area contributed by atoms with Crippen molar-refractivity contribution in [1.29, 1.82) is 0 Å². The minimum absolute atomic E-state index is 0.192. The van der Waals surface area contributed by atoms with Gasteiger partial charge in [0.2, 0.25) is 10.0 Å². The topological polar surface area (TPSA) is 101 Å². The number of sulfonamides is 1. The highest BCUT2D eigenvalue weighted by atomic mass is 32.2. The molecule has 0 radical (unpaired) electrons. The summed E-state index contributed by atoms with van der Waals surface area (Å²) in [5.74, 6) is 0.396. The van der Waals surface area contributed by atoms with Gasteiger partial charge in [-0.25, -0.2) is 13.1 Å². The van der Waals surface area contributed by atoms with Crippen molar-refractivity contribution in [1.82, 2.24) is 20.1 Å². The van der Waals surface area contributed by atoms with Crippen LogP contribution in [0.15, 0.2) is 23.0 Å². The predicted molar refractivity (Wildman–Crippen MR) is 59.3 cm³/mol. The summed E-state index contributed by atoms with van der Waals surface area (Å²) < 4.78 is 30.6. The molecule has 0 aliphatic heterocycles. The average molecular weight is 256 g/mol. The van der Waals surface area contributed by atoms with E-state index in [1.807, 2.05) is 0 Å². The number of hydrogen-bond donors (Lipinski definition) is 2. The molecule has 0 aliphatic carbocycles. The zero-order chi connectivity index (χ0) is 12.3. The maximum atomic E-state index is 11.7. The van der Waals surface area contributed by atoms with E-state index in [0.717, 1.165) is 5.56 Å². The van der Waals surface area contributed by atoms with Crippen LogP contribution in [0.5, 0.6) is 0 Å². The Balaban J connectivity index is 1.95. The van der Waals surface area contributed by atoms with Gasteiger partial charge in [0.25, 0.3) is 0 Å². The molecule has 2 aromatic rings. The Morgan fingerprint density at radius 2 is 2.35 bits per heavy atom. The monoisotopic (exact) mass is 256 g/mol. The van der Waals surface area contributed by atoms with Gasteiger partial charge in [-0.05, 0) is 6.92 Å². The van der Waals surface area contributed by atoms with E-state index in [0.29, 0.717) is 11.5 Å². The molecule has 8 heteroatoms. The van der Waals surface area contributed by atoms with Crippen LogP contribution in [-0.2, 0) is 22.3 Å². The molecule has 0 amide bonds. The Morgan fingerprint density at radius 1 is 1.53 bits per heavy atom. The fourth-order valence-electron chi connectivity index (χ4n) is 1.30. The molecule has 0 unspecified atom stereocenters. The Kier molecular flexibility index (Phi) is 3.25. The van der Waals surface area contributed by atoms with Crippen molar-refractivity contribution in [3.8, 4) is 0 Å². The highest BCUT2D eigenvalue weighted by Gasteiger charge is 2.14. The number of nitrogens with zero attached hydrogens (tertiary/aromatic N) is 2. The Bertz CT molecular complexity index is 573. The molecule has 0 bridgehead atoms. The predicted octanol–water partition coefficient (Wildman–Crippen LogP) is 0.326. The van der Waals surface area contributed by atoms with Crippen LogP contribution in [0, 0.1) is 6.92 Å². The summed E-state index contributed by atoms with van der Waals surface area (Å²) in [6, 6.07) is 1.59. The fraction of sp³-hybridized carbons (Fsp3) is 0.333. The van der Waals surface area contributed by atoms with Gasteiger partial charge in [0.05, 0.1) is 6.20 Å². The summed E-state index contributed by atoms with van der Waals surface area (Å²) in [6.45, 7) is 1.91. The van der Waals surface area contributed by atoms with Crippen molar-refractivity contribution in [2.45, 2.75) is 19.2 Å². The zero-order valence-electron chi connectivity index (χ0n) is 9.17. The highest BCUT2D eigenvalue weighted by Crippen LogP contribution is 2.06. The normalized spacial score (nSPS) is 11.8. The lowest BCUT2D eigenvalue weighted by Crippen LogP contribution is -2.24. The lowest BCUT2D eigenvalue weighted by atomic mass is 10.4. The standard InChI is InChI=1S/C9H12N4O3S/c1-7-2-9(13-16-7)6-17(14,15)12-5-8-3-10-11-4-8/h2-4,12H,5-6H2,1H3,(H,10,11). The molecule has 2 heterocycles. The van der Waals surface area contributed by atoms with E-state index in [1.54, 1.807) is 25.4 Å². The summed E-state index contributed by atoms with van der Waals surface area (Å²) in [6.07, 6.45) is 3.19. The largest absolute Gasteiger partial charge is 0.361 e. The van der Waals surface area contributed by atoms with E-state index >= 15 is 0 Å². The zero-order valence-corrected chi connectivity index (χ0v) is 9.99. The van der Waals surface area contributed by atoms with Crippen molar-refractivity contribution in [3.63, 3.8) is 0 Å². The SMILES string of the molecule is Cc1cc(CS(=O)(=O)NCc2cn[nH]c2)no1. The van der Waals surface area contributed by atoms with Crippen LogP contribution in [0.4, 0.5) is 0 Å². The maximum Gasteiger partial charge on any atom is 0.217 e. The van der Waals surface area contributed by atoms with E-state index in [-0.39, 0.29) is 12.3 Å². The quantitative estimate of drug-likeness (QED) is 0.802. The first-order valence-electron chi connectivity index (χ1n) is 4.92. The molecule has 0 saturated carbocycles. The third-order valence-electron chi connectivity index (χ3n) is 2.07. The van der Waals surface area contributed by atoms with Crippen LogP contribution >= 0.6 is 0 Å². The number of aromatic nitrogens is 3. The first-order chi connectivity index (χ1) is 8.05. The Hall–Kier alpha value is -1.67. The van der Waals surface area contributed by atoms with E-state index in [9.17, 15) is 8.42 Å². The second-order valence-electron chi connectivity index (χ2n) is 3.62. The first-order valence-corrected chi connectivity index (χ1v) is 6.57. The molecule has 0 atom stereocenters. The summed E-state index contributed by atoms with van der Waals surface area (Å²) in [5, 5.41) is 9.96. The van der Waals surface area contributed by atoms with E-state index in [1.165, 1.54) is 0 Å². The molecular weight excluding hydrogens is 244 g/mol. The maximum absolute atomic E-state index is 11.7. The summed E-state index contributed by atoms with van der Waals surface area (Å²) in [7, 11) is -3.41. The van der Waals surface area contributed by atoms with Gasteiger partial charge in [-0.15, -0.1) is 0 Å². The van der Waals surface area contributed by atoms with Gasteiger partial charge < -0.3 is 4.52 Å². The van der Waals surface area contributed by atoms with Crippen LogP contribution in [0.3, 0.4) is 0 Å². The molecule has 17 heavy (non-hydrogen) atoms. The van der Waals surface area contributed by atoms with Crippen LogP contribution < -0.4 is 4.72 Å². The third kappa shape index (κ3) is 3.40. The van der Waals surface area contributed by atoms with Crippen LogP contribution in [0.25, 0.3) is 0 Å². The molecule has 2 aromatic heterocycles. The van der Waals surface area contributed by atoms with Gasteiger partial charge in [-0.3, -0.25) is 5.10 Å². The van der Waals surface area contributed by atoms with Gasteiger partial charge >= 0.3 is 0 Å². The van der Waals surface area contributed by atoms with Crippen LogP contribution in [0.1, 0.15) is 17.0 Å². The van der Waals surface area contributed by atoms with Crippen molar-refractivity contribution in [3.05, 3.63) is 35.5 Å². The van der Waals surface area contributed by atoms with Crippen molar-refractivity contribution < 1.29 is 12.9 Å². The van der Waals surface area contributed by atoms with Gasteiger partial charge in [0, 0.05) is 24.4 Å². The number of aryl methyl sites for hydroxylation is 1. The van der Waals surface area contributed by atoms with Crippen LogP contribution in [0.2, 0.25) is 0 Å². The fourth-order valence-corrected chi connectivity index (χ4v) is 2.31. The Morgan fingerprint density at radius 3 is 2.94 bits per heavy atom. The van der Waals surface area contributed by atoms with E-state index < -0.39 is 10.0 Å². The highest BCUT2D eigenvalue weighted by molar-refractivity contribution is 7.88.